The van der Waals surface area contributed by atoms with Crippen molar-refractivity contribution in [3.8, 4) is 11.5 Å². The highest BCUT2D eigenvalue weighted by Crippen LogP contribution is 2.35. The molecular formula is C20H27N3O4. The summed E-state index contributed by atoms with van der Waals surface area (Å²) < 4.78 is 16.3. The number of aromatic nitrogens is 1. The highest BCUT2D eigenvalue weighted by molar-refractivity contribution is 5.75. The van der Waals surface area contributed by atoms with Crippen LogP contribution in [-0.4, -0.2) is 36.2 Å². The average molecular weight is 373 g/mol. The molecule has 0 radical (unpaired) electrons. The molecular weight excluding hydrogens is 346 g/mol. The summed E-state index contributed by atoms with van der Waals surface area (Å²) in [5, 5.41) is 4.29. The number of hydrogen-bond acceptors (Lipinski definition) is 6. The number of likely N-dealkylation sites (tertiary alicyclic amines) is 1. The number of carbonyl (C=O) groups excluding carboxylic acids is 1. The van der Waals surface area contributed by atoms with Gasteiger partial charge >= 0.3 is 0 Å². The van der Waals surface area contributed by atoms with Crippen molar-refractivity contribution < 1.29 is 18.8 Å². The van der Waals surface area contributed by atoms with Gasteiger partial charge < -0.3 is 19.7 Å². The van der Waals surface area contributed by atoms with Gasteiger partial charge in [-0.2, -0.15) is 0 Å². The largest absolute Gasteiger partial charge is 0.493 e. The molecule has 0 saturated carbocycles. The number of hydrogen-bond donors (Lipinski definition) is 1. The molecule has 1 aliphatic rings. The summed E-state index contributed by atoms with van der Waals surface area (Å²) in [5.74, 6) is 1.84. The van der Waals surface area contributed by atoms with Crippen molar-refractivity contribution in [1.29, 1.82) is 0 Å². The van der Waals surface area contributed by atoms with Crippen LogP contribution in [0.1, 0.15) is 55.7 Å². The minimum Gasteiger partial charge on any atom is -0.493 e. The number of amides is 1. The van der Waals surface area contributed by atoms with Crippen molar-refractivity contribution in [2.45, 2.75) is 45.2 Å². The summed E-state index contributed by atoms with van der Waals surface area (Å²) in [4.78, 5) is 13.3. The first-order valence-electron chi connectivity index (χ1n) is 9.26. The van der Waals surface area contributed by atoms with E-state index < -0.39 is 5.91 Å². The van der Waals surface area contributed by atoms with Crippen LogP contribution in [-0.2, 0) is 11.3 Å². The summed E-state index contributed by atoms with van der Waals surface area (Å²) in [6, 6.07) is 8.08. The van der Waals surface area contributed by atoms with Gasteiger partial charge in [-0.1, -0.05) is 25.1 Å². The van der Waals surface area contributed by atoms with E-state index in [4.69, 9.17) is 19.7 Å². The molecule has 0 aliphatic carbocycles. The first-order valence-corrected chi connectivity index (χ1v) is 9.26. The zero-order valence-electron chi connectivity index (χ0n) is 16.1. The van der Waals surface area contributed by atoms with Crippen molar-refractivity contribution in [1.82, 2.24) is 10.1 Å². The molecule has 1 aliphatic heterocycles. The lowest BCUT2D eigenvalue weighted by Crippen LogP contribution is -2.23. The molecule has 7 heteroatoms. The molecule has 0 unspecified atom stereocenters. The lowest BCUT2D eigenvalue weighted by atomic mass is 10.1. The molecule has 0 spiro atoms. The number of primary amides is 1. The molecule has 1 fully saturated rings. The molecule has 1 amide bonds. The lowest BCUT2D eigenvalue weighted by molar-refractivity contribution is -0.119. The molecule has 1 aromatic carbocycles. The van der Waals surface area contributed by atoms with Gasteiger partial charge in [-0.05, 0) is 37.1 Å². The number of rotatable bonds is 8. The normalized spacial score (nSPS) is 17.4. The van der Waals surface area contributed by atoms with Gasteiger partial charge in [-0.3, -0.25) is 9.69 Å². The Balaban J connectivity index is 1.72. The maximum atomic E-state index is 10.9. The molecule has 2 aromatic rings. The van der Waals surface area contributed by atoms with E-state index in [0.717, 1.165) is 42.9 Å². The number of nitrogens with two attached hydrogens (primary N) is 1. The molecule has 0 bridgehead atoms. The third-order valence-corrected chi connectivity index (χ3v) is 4.80. The predicted molar refractivity (Wildman–Crippen MR) is 101 cm³/mol. The van der Waals surface area contributed by atoms with Crippen molar-refractivity contribution >= 4 is 5.91 Å². The van der Waals surface area contributed by atoms with Crippen LogP contribution >= 0.6 is 0 Å². The Hall–Kier alpha value is -2.54. The van der Waals surface area contributed by atoms with E-state index in [1.807, 2.05) is 18.2 Å². The Morgan fingerprint density at radius 2 is 2.19 bits per heavy atom. The Bertz CT molecular complexity index is 787. The number of methoxy groups -OCH3 is 1. The van der Waals surface area contributed by atoms with Crippen LogP contribution in [0.5, 0.6) is 11.5 Å². The fourth-order valence-corrected chi connectivity index (χ4v) is 3.40. The first kappa shape index (κ1) is 19.2. The molecule has 1 saturated heterocycles. The highest BCUT2D eigenvalue weighted by Gasteiger charge is 2.29. The van der Waals surface area contributed by atoms with E-state index in [1.54, 1.807) is 7.11 Å². The molecule has 1 atom stereocenters. The summed E-state index contributed by atoms with van der Waals surface area (Å²) in [7, 11) is 1.58. The second kappa shape index (κ2) is 8.43. The van der Waals surface area contributed by atoms with Crippen LogP contribution in [0.4, 0.5) is 0 Å². The minimum absolute atomic E-state index is 0.172. The fraction of sp³-hybridized carbons (Fsp3) is 0.500. The van der Waals surface area contributed by atoms with Gasteiger partial charge in [0.25, 0.3) is 5.91 Å². The second-order valence-corrected chi connectivity index (χ2v) is 7.18. The Kier molecular flexibility index (Phi) is 6.01. The molecule has 27 heavy (non-hydrogen) atoms. The van der Waals surface area contributed by atoms with E-state index >= 15 is 0 Å². The van der Waals surface area contributed by atoms with Crippen molar-refractivity contribution in [3.05, 3.63) is 41.3 Å². The molecule has 3 rings (SSSR count). The predicted octanol–water partition coefficient (Wildman–Crippen LogP) is 3.01. The quantitative estimate of drug-likeness (QED) is 0.765. The molecule has 2 heterocycles. The van der Waals surface area contributed by atoms with Crippen LogP contribution in [0, 0.1) is 0 Å². The zero-order chi connectivity index (χ0) is 19.4. The van der Waals surface area contributed by atoms with Gasteiger partial charge in [0, 0.05) is 18.5 Å². The number of ether oxygens (including phenoxy) is 2. The third-order valence-electron chi connectivity index (χ3n) is 4.80. The van der Waals surface area contributed by atoms with Gasteiger partial charge in [-0.15, -0.1) is 0 Å². The zero-order valence-corrected chi connectivity index (χ0v) is 16.1. The van der Waals surface area contributed by atoms with Crippen LogP contribution in [0.2, 0.25) is 0 Å². The van der Waals surface area contributed by atoms with Crippen LogP contribution < -0.4 is 15.2 Å². The topological polar surface area (TPSA) is 90.8 Å². The molecule has 1 aromatic heterocycles. The summed E-state index contributed by atoms with van der Waals surface area (Å²) in [5.41, 5.74) is 7.25. The van der Waals surface area contributed by atoms with Gasteiger partial charge in [0.1, 0.15) is 11.5 Å². The minimum atomic E-state index is -0.519. The number of benzene rings is 1. The van der Waals surface area contributed by atoms with E-state index in [0.29, 0.717) is 17.4 Å². The van der Waals surface area contributed by atoms with Gasteiger partial charge in [0.15, 0.2) is 18.1 Å². The number of carbonyl (C=O) groups is 1. The van der Waals surface area contributed by atoms with E-state index in [9.17, 15) is 4.79 Å². The summed E-state index contributed by atoms with van der Waals surface area (Å²) in [6.07, 6.45) is 2.20. The Morgan fingerprint density at radius 1 is 1.37 bits per heavy atom. The first-order chi connectivity index (χ1) is 13.0. The van der Waals surface area contributed by atoms with Gasteiger partial charge in [-0.25, -0.2) is 0 Å². The van der Waals surface area contributed by atoms with Crippen molar-refractivity contribution in [2.24, 2.45) is 5.73 Å². The van der Waals surface area contributed by atoms with E-state index in [-0.39, 0.29) is 12.6 Å². The van der Waals surface area contributed by atoms with Crippen LogP contribution in [0.3, 0.4) is 0 Å². The maximum Gasteiger partial charge on any atom is 0.255 e. The van der Waals surface area contributed by atoms with Crippen molar-refractivity contribution in [2.75, 3.05) is 20.3 Å². The fourth-order valence-electron chi connectivity index (χ4n) is 3.40. The maximum absolute atomic E-state index is 10.9. The Labute approximate surface area is 159 Å². The summed E-state index contributed by atoms with van der Waals surface area (Å²) >= 11 is 0. The van der Waals surface area contributed by atoms with Gasteiger partial charge in [0.05, 0.1) is 13.2 Å². The van der Waals surface area contributed by atoms with Gasteiger partial charge in [0.2, 0.25) is 0 Å². The van der Waals surface area contributed by atoms with Crippen LogP contribution in [0.15, 0.2) is 28.8 Å². The standard InChI is InChI=1S/C20H27N3O4/c1-13(2)18-10-15(22-27-18)16-5-4-8-23(16)11-14-6-7-17(19(9-14)25-3)26-12-20(21)24/h6-7,9-10,13,16H,4-5,8,11-12H2,1-3H3,(H2,21,24)/t16-/m0/s1. The Morgan fingerprint density at radius 3 is 2.85 bits per heavy atom. The lowest BCUT2D eigenvalue weighted by Gasteiger charge is -2.23. The van der Waals surface area contributed by atoms with E-state index in [2.05, 4.69) is 30.0 Å². The van der Waals surface area contributed by atoms with Crippen LogP contribution in [0.25, 0.3) is 0 Å². The monoisotopic (exact) mass is 373 g/mol. The number of nitrogens with zero attached hydrogens (tertiary/aromatic N) is 2. The second-order valence-electron chi connectivity index (χ2n) is 7.18. The highest BCUT2D eigenvalue weighted by atomic mass is 16.5. The smallest absolute Gasteiger partial charge is 0.255 e. The molecule has 146 valence electrons. The summed E-state index contributed by atoms with van der Waals surface area (Å²) in [6.45, 7) is 5.82. The average Bonchev–Trinajstić information content (AvgIpc) is 3.29. The van der Waals surface area contributed by atoms with Crippen molar-refractivity contribution in [3.63, 3.8) is 0 Å². The molecule has 7 nitrogen and oxygen atoms in total. The SMILES string of the molecule is COc1cc(CN2CCC[C@H]2c2cc(C(C)C)on2)ccc1OCC(N)=O. The third kappa shape index (κ3) is 4.60. The molecule has 2 N–H and O–H groups in total. The van der Waals surface area contributed by atoms with E-state index in [1.165, 1.54) is 0 Å².